The van der Waals surface area contributed by atoms with Gasteiger partial charge in [0.1, 0.15) is 0 Å². The largest absolute Gasteiger partial charge is 0.379 e. The second-order valence-corrected chi connectivity index (χ2v) is 11.1. The van der Waals surface area contributed by atoms with Crippen LogP contribution in [0.25, 0.3) is 21.8 Å². The first-order valence-corrected chi connectivity index (χ1v) is 14.4. The van der Waals surface area contributed by atoms with Crippen molar-refractivity contribution in [1.82, 2.24) is 14.4 Å². The van der Waals surface area contributed by atoms with E-state index in [1.807, 2.05) is 18.2 Å². The second-order valence-electron chi connectivity index (χ2n) is 11.1. The van der Waals surface area contributed by atoms with Gasteiger partial charge in [-0.25, -0.2) is 0 Å². The Bertz CT molecular complexity index is 1670. The van der Waals surface area contributed by atoms with E-state index < -0.39 is 0 Å². The molecular formula is C35H35N3O2. The number of rotatable bonds is 6. The molecule has 0 bridgehead atoms. The highest BCUT2D eigenvalue weighted by Gasteiger charge is 2.41. The molecule has 0 unspecified atom stereocenters. The summed E-state index contributed by atoms with van der Waals surface area (Å²) in [6.07, 6.45) is 0.825. The number of carbonyl (C=O) groups is 1. The van der Waals surface area contributed by atoms with Crippen LogP contribution in [0.4, 0.5) is 0 Å². The smallest absolute Gasteiger partial charge is 0.254 e. The molecule has 0 radical (unpaired) electrons. The van der Waals surface area contributed by atoms with Gasteiger partial charge in [-0.3, -0.25) is 9.69 Å². The number of fused-ring (bicyclic) bond motifs is 4. The zero-order valence-electron chi connectivity index (χ0n) is 23.0. The standard InChI is InChI=1S/C35H35N3O2/c1-36-32-14-8-7-12-28(32)30-23-26(15-16-33(30)36)34-31(24-37-19-21-40-22-20-37)27-11-5-6-13-29(27)35(39)38(34)18-17-25-9-3-2-4-10-25/h2-16,23,31,34H,17-22,24H2,1H3/t31-,34+/m1/s1. The number of aryl methyl sites for hydroxylation is 1. The Hall–Kier alpha value is -3.93. The average molecular weight is 530 g/mol. The highest BCUT2D eigenvalue weighted by atomic mass is 16.5. The van der Waals surface area contributed by atoms with Crippen LogP contribution in [0.1, 0.15) is 39.0 Å². The molecule has 0 aliphatic carbocycles. The van der Waals surface area contributed by atoms with Crippen LogP contribution in [0.5, 0.6) is 0 Å². The molecule has 3 heterocycles. The molecule has 0 saturated carbocycles. The topological polar surface area (TPSA) is 37.7 Å². The quantitative estimate of drug-likeness (QED) is 0.263. The number of hydrogen-bond donors (Lipinski definition) is 0. The van der Waals surface area contributed by atoms with E-state index in [1.165, 1.54) is 32.9 Å². The lowest BCUT2D eigenvalue weighted by atomic mass is 9.79. The molecule has 2 aliphatic rings. The van der Waals surface area contributed by atoms with Crippen molar-refractivity contribution in [2.24, 2.45) is 7.05 Å². The van der Waals surface area contributed by atoms with E-state index in [-0.39, 0.29) is 17.9 Å². The third kappa shape index (κ3) is 4.40. The minimum atomic E-state index is -0.0580. The van der Waals surface area contributed by atoms with Gasteiger partial charge in [-0.1, -0.05) is 72.8 Å². The fraction of sp³-hybridized carbons (Fsp3) is 0.286. The molecule has 5 aromatic rings. The maximum absolute atomic E-state index is 14.2. The molecule has 7 rings (SSSR count). The summed E-state index contributed by atoms with van der Waals surface area (Å²) in [4.78, 5) is 18.9. The van der Waals surface area contributed by atoms with Gasteiger partial charge in [-0.05, 0) is 47.4 Å². The van der Waals surface area contributed by atoms with Gasteiger partial charge < -0.3 is 14.2 Å². The summed E-state index contributed by atoms with van der Waals surface area (Å²) in [6, 6.07) is 34.2. The summed E-state index contributed by atoms with van der Waals surface area (Å²) in [5, 5.41) is 2.50. The molecule has 4 aromatic carbocycles. The number of nitrogens with zero attached hydrogens (tertiary/aromatic N) is 3. The molecule has 0 N–H and O–H groups in total. The number of morpholine rings is 1. The lowest BCUT2D eigenvalue weighted by Gasteiger charge is -2.44. The Labute approximate surface area is 235 Å². The van der Waals surface area contributed by atoms with Gasteiger partial charge in [0.05, 0.1) is 19.3 Å². The van der Waals surface area contributed by atoms with Gasteiger partial charge in [0, 0.05) is 66.5 Å². The zero-order chi connectivity index (χ0) is 27.1. The number of benzene rings is 4. The van der Waals surface area contributed by atoms with Gasteiger partial charge >= 0.3 is 0 Å². The summed E-state index contributed by atoms with van der Waals surface area (Å²) in [5.41, 5.74) is 6.91. The molecule has 2 atom stereocenters. The third-order valence-corrected chi connectivity index (χ3v) is 8.89. The Balaban J connectivity index is 1.37. The van der Waals surface area contributed by atoms with Crippen LogP contribution in [0.2, 0.25) is 0 Å². The molecule has 1 aromatic heterocycles. The second kappa shape index (κ2) is 10.6. The van der Waals surface area contributed by atoms with Crippen LogP contribution in [-0.4, -0.2) is 59.7 Å². The van der Waals surface area contributed by atoms with E-state index in [1.54, 1.807) is 0 Å². The number of hydrogen-bond acceptors (Lipinski definition) is 3. The molecule has 40 heavy (non-hydrogen) atoms. The highest BCUT2D eigenvalue weighted by Crippen LogP contribution is 2.44. The SMILES string of the molecule is Cn1c2ccccc2c2cc([C@H]3[C@H](CN4CCOCC4)c4ccccc4C(=O)N3CCc3ccccc3)ccc21. The maximum atomic E-state index is 14.2. The van der Waals surface area contributed by atoms with E-state index in [2.05, 4.69) is 100 Å². The normalized spacial score (nSPS) is 19.8. The first-order chi connectivity index (χ1) is 19.7. The predicted molar refractivity (Wildman–Crippen MR) is 161 cm³/mol. The van der Waals surface area contributed by atoms with Crippen molar-refractivity contribution < 1.29 is 9.53 Å². The lowest BCUT2D eigenvalue weighted by molar-refractivity contribution is 0.0253. The van der Waals surface area contributed by atoms with Crippen molar-refractivity contribution >= 4 is 27.7 Å². The van der Waals surface area contributed by atoms with Gasteiger partial charge in [-0.2, -0.15) is 0 Å². The number of amides is 1. The minimum absolute atomic E-state index is 0.0580. The molecule has 1 saturated heterocycles. The van der Waals surface area contributed by atoms with Crippen LogP contribution in [0, 0.1) is 0 Å². The summed E-state index contributed by atoms with van der Waals surface area (Å²) in [7, 11) is 2.14. The summed E-state index contributed by atoms with van der Waals surface area (Å²) in [6.45, 7) is 4.94. The van der Waals surface area contributed by atoms with Gasteiger partial charge in [0.15, 0.2) is 0 Å². The molecular weight excluding hydrogens is 494 g/mol. The molecule has 202 valence electrons. The van der Waals surface area contributed by atoms with Crippen LogP contribution < -0.4 is 0 Å². The Morgan fingerprint density at radius 2 is 1.52 bits per heavy atom. The Kier molecular flexibility index (Phi) is 6.62. The van der Waals surface area contributed by atoms with Crippen molar-refractivity contribution in [3.05, 3.63) is 119 Å². The first kappa shape index (κ1) is 25.1. The molecule has 5 heteroatoms. The van der Waals surface area contributed by atoms with Crippen molar-refractivity contribution in [2.45, 2.75) is 18.4 Å². The highest BCUT2D eigenvalue weighted by molar-refractivity contribution is 6.08. The maximum Gasteiger partial charge on any atom is 0.254 e. The van der Waals surface area contributed by atoms with E-state index in [0.29, 0.717) is 6.54 Å². The van der Waals surface area contributed by atoms with Crippen LogP contribution >= 0.6 is 0 Å². The van der Waals surface area contributed by atoms with Crippen LogP contribution in [-0.2, 0) is 18.2 Å². The lowest BCUT2D eigenvalue weighted by Crippen LogP contribution is -2.48. The van der Waals surface area contributed by atoms with Crippen LogP contribution in [0.15, 0.2) is 97.1 Å². The summed E-state index contributed by atoms with van der Waals surface area (Å²) >= 11 is 0. The summed E-state index contributed by atoms with van der Waals surface area (Å²) < 4.78 is 7.95. The third-order valence-electron chi connectivity index (χ3n) is 8.89. The van der Waals surface area contributed by atoms with Gasteiger partial charge in [0.2, 0.25) is 0 Å². The van der Waals surface area contributed by atoms with E-state index in [0.717, 1.165) is 50.4 Å². The van der Waals surface area contributed by atoms with Crippen LogP contribution in [0.3, 0.4) is 0 Å². The fourth-order valence-corrected chi connectivity index (χ4v) is 6.86. The molecule has 1 fully saturated rings. The van der Waals surface area contributed by atoms with Crippen molar-refractivity contribution in [3.63, 3.8) is 0 Å². The Morgan fingerprint density at radius 3 is 2.38 bits per heavy atom. The van der Waals surface area contributed by atoms with E-state index in [9.17, 15) is 4.79 Å². The monoisotopic (exact) mass is 529 g/mol. The van der Waals surface area contributed by atoms with Crippen molar-refractivity contribution in [1.29, 1.82) is 0 Å². The van der Waals surface area contributed by atoms with Gasteiger partial charge in [-0.15, -0.1) is 0 Å². The molecule has 5 nitrogen and oxygen atoms in total. The van der Waals surface area contributed by atoms with E-state index in [4.69, 9.17) is 4.74 Å². The number of ether oxygens (including phenoxy) is 1. The summed E-state index contributed by atoms with van der Waals surface area (Å²) in [5.74, 6) is 0.294. The molecule has 1 amide bonds. The number of para-hydroxylation sites is 1. The van der Waals surface area contributed by atoms with Gasteiger partial charge in [0.25, 0.3) is 5.91 Å². The van der Waals surface area contributed by atoms with Crippen molar-refractivity contribution in [2.75, 3.05) is 39.4 Å². The first-order valence-electron chi connectivity index (χ1n) is 14.4. The molecule has 2 aliphatic heterocycles. The van der Waals surface area contributed by atoms with Crippen molar-refractivity contribution in [3.8, 4) is 0 Å². The fourth-order valence-electron chi connectivity index (χ4n) is 6.86. The number of aromatic nitrogens is 1. The van der Waals surface area contributed by atoms with E-state index >= 15 is 0 Å². The minimum Gasteiger partial charge on any atom is -0.379 e. The average Bonchev–Trinajstić information content (AvgIpc) is 3.30. The predicted octanol–water partition coefficient (Wildman–Crippen LogP) is 6.19. The number of carbonyl (C=O) groups excluding carboxylic acids is 1. The zero-order valence-corrected chi connectivity index (χ0v) is 23.0. The molecule has 0 spiro atoms. The Morgan fingerprint density at radius 1 is 0.800 bits per heavy atom.